The summed E-state index contributed by atoms with van der Waals surface area (Å²) in [5.41, 5.74) is 0. The highest BCUT2D eigenvalue weighted by atomic mass is 32.2. The van der Waals surface area contributed by atoms with Crippen molar-refractivity contribution in [1.82, 2.24) is 0 Å². The molecule has 23 heavy (non-hydrogen) atoms. The minimum absolute atomic E-state index is 1.37. The van der Waals surface area contributed by atoms with E-state index in [4.69, 9.17) is 0 Å². The van der Waals surface area contributed by atoms with Gasteiger partial charge in [0.1, 0.15) is 5.75 Å². The van der Waals surface area contributed by atoms with E-state index >= 15 is 0 Å². The Balaban J connectivity index is 0. The molecule has 0 nitrogen and oxygen atoms in total. The number of halogens is 4. The molecule has 6 heteroatoms. The molecule has 0 rings (SSSR count). The van der Waals surface area contributed by atoms with Crippen LogP contribution in [0.3, 0.4) is 0 Å². The SMILES string of the molecule is CCCCCCCCCCCCCCCC[SH+]C.F[B-](F)(F)F. The Bertz CT molecular complexity index is 191. The Morgan fingerprint density at radius 1 is 0.565 bits per heavy atom. The molecule has 0 bridgehead atoms. The third-order valence-corrected chi connectivity index (χ3v) is 4.50. The van der Waals surface area contributed by atoms with Gasteiger partial charge in [0.25, 0.3) is 0 Å². The van der Waals surface area contributed by atoms with Gasteiger partial charge in [0, 0.05) is 0 Å². The molecule has 142 valence electrons. The number of rotatable bonds is 15. The topological polar surface area (TPSA) is 0 Å². The average molecular weight is 360 g/mol. The van der Waals surface area contributed by atoms with E-state index < -0.39 is 7.25 Å². The highest BCUT2D eigenvalue weighted by molar-refractivity contribution is 7.77. The normalized spacial score (nSPS) is 11.2. The lowest BCUT2D eigenvalue weighted by Crippen LogP contribution is -2.02. The van der Waals surface area contributed by atoms with Crippen LogP contribution in [0, 0.1) is 0 Å². The highest BCUT2D eigenvalue weighted by Crippen LogP contribution is 2.12. The quantitative estimate of drug-likeness (QED) is 0.0951. The summed E-state index contributed by atoms with van der Waals surface area (Å²) in [6.07, 6.45) is 22.8. The van der Waals surface area contributed by atoms with Crippen LogP contribution in [-0.4, -0.2) is 19.3 Å². The molecule has 0 radical (unpaired) electrons. The maximum atomic E-state index is 9.75. The van der Waals surface area contributed by atoms with Crippen LogP contribution in [0.25, 0.3) is 0 Å². The van der Waals surface area contributed by atoms with Gasteiger partial charge in [-0.1, -0.05) is 84.0 Å². The fraction of sp³-hybridized carbons (Fsp3) is 1.00. The minimum Gasteiger partial charge on any atom is -0.418 e. The van der Waals surface area contributed by atoms with Crippen LogP contribution in [0.15, 0.2) is 0 Å². The first-order chi connectivity index (χ1) is 10.9. The third kappa shape index (κ3) is 39.2. The Kier molecular flexibility index (Phi) is 22.3. The van der Waals surface area contributed by atoms with Crippen LogP contribution in [-0.2, 0) is 11.8 Å². The van der Waals surface area contributed by atoms with E-state index in [1.165, 1.54) is 95.6 Å². The molecule has 0 spiro atoms. The van der Waals surface area contributed by atoms with Gasteiger partial charge in [-0.15, -0.1) is 0 Å². The van der Waals surface area contributed by atoms with Gasteiger partial charge in [0.05, 0.1) is 6.26 Å². The number of thiol groups is 1. The molecule has 0 aliphatic carbocycles. The monoisotopic (exact) mass is 360 g/mol. The number of hydrogen-bond acceptors (Lipinski definition) is 0. The summed E-state index contributed by atoms with van der Waals surface area (Å²) in [7, 11) is -6.00. The Labute approximate surface area is 145 Å². The molecular formula is C17H37BF4S. The second-order valence-corrected chi connectivity index (χ2v) is 7.21. The molecule has 0 unspecified atom stereocenters. The zero-order valence-electron chi connectivity index (χ0n) is 15.1. The smallest absolute Gasteiger partial charge is 0.418 e. The van der Waals surface area contributed by atoms with E-state index in [0.717, 1.165) is 0 Å². The highest BCUT2D eigenvalue weighted by Gasteiger charge is 2.20. The van der Waals surface area contributed by atoms with Crippen LogP contribution in [0.4, 0.5) is 17.3 Å². The summed E-state index contributed by atoms with van der Waals surface area (Å²) in [6, 6.07) is 0. The summed E-state index contributed by atoms with van der Waals surface area (Å²) >= 11 is 1.58. The largest absolute Gasteiger partial charge is 0.673 e. The van der Waals surface area contributed by atoms with Crippen molar-refractivity contribution in [3.8, 4) is 0 Å². The van der Waals surface area contributed by atoms with Gasteiger partial charge in [-0.2, -0.15) is 0 Å². The predicted octanol–water partition coefficient (Wildman–Crippen LogP) is 7.21. The van der Waals surface area contributed by atoms with Crippen molar-refractivity contribution < 1.29 is 17.3 Å². The van der Waals surface area contributed by atoms with Gasteiger partial charge in [0.15, 0.2) is 0 Å². The summed E-state index contributed by atoms with van der Waals surface area (Å²) in [5, 5.41) is 0. The van der Waals surface area contributed by atoms with Crippen molar-refractivity contribution in [2.75, 3.05) is 12.0 Å². The fourth-order valence-electron chi connectivity index (χ4n) is 2.46. The molecule has 0 saturated heterocycles. The van der Waals surface area contributed by atoms with Gasteiger partial charge in [-0.05, 0) is 24.6 Å². The lowest BCUT2D eigenvalue weighted by atomic mass is 10.0. The van der Waals surface area contributed by atoms with E-state index in [2.05, 4.69) is 13.2 Å². The first-order valence-electron chi connectivity index (χ1n) is 9.34. The molecule has 0 saturated carbocycles. The van der Waals surface area contributed by atoms with E-state index in [-0.39, 0.29) is 0 Å². The summed E-state index contributed by atoms with van der Waals surface area (Å²) in [4.78, 5) is 0. The van der Waals surface area contributed by atoms with Crippen molar-refractivity contribution >= 4 is 19.0 Å². The summed E-state index contributed by atoms with van der Waals surface area (Å²) in [6.45, 7) is 2.29. The number of hydrogen-bond donors (Lipinski definition) is 0. The molecule has 0 aliphatic heterocycles. The second-order valence-electron chi connectivity index (χ2n) is 6.13. The molecule has 0 aromatic rings. The molecule has 0 aromatic heterocycles. The average Bonchev–Trinajstić information content (AvgIpc) is 2.46. The molecule has 0 heterocycles. The lowest BCUT2D eigenvalue weighted by Gasteiger charge is -2.02. The summed E-state index contributed by atoms with van der Waals surface area (Å²) < 4.78 is 39.0. The van der Waals surface area contributed by atoms with Crippen LogP contribution in [0.5, 0.6) is 0 Å². The van der Waals surface area contributed by atoms with Gasteiger partial charge in [-0.25, -0.2) is 0 Å². The van der Waals surface area contributed by atoms with E-state index in [1.54, 1.807) is 11.8 Å². The zero-order chi connectivity index (χ0) is 17.8. The Morgan fingerprint density at radius 2 is 0.826 bits per heavy atom. The van der Waals surface area contributed by atoms with Crippen molar-refractivity contribution in [2.45, 2.75) is 96.8 Å². The predicted molar refractivity (Wildman–Crippen MR) is 100 cm³/mol. The first-order valence-corrected chi connectivity index (χ1v) is 10.9. The van der Waals surface area contributed by atoms with E-state index in [9.17, 15) is 17.3 Å². The molecule has 0 aromatic carbocycles. The lowest BCUT2D eigenvalue weighted by molar-refractivity contribution is 0.368. The number of unbranched alkanes of at least 4 members (excludes halogenated alkanes) is 13. The van der Waals surface area contributed by atoms with E-state index in [1.807, 2.05) is 0 Å². The van der Waals surface area contributed by atoms with Crippen LogP contribution in [0.2, 0.25) is 0 Å². The molecule has 0 amide bonds. The Morgan fingerprint density at radius 3 is 1.09 bits per heavy atom. The van der Waals surface area contributed by atoms with Gasteiger partial charge < -0.3 is 17.3 Å². The van der Waals surface area contributed by atoms with Crippen molar-refractivity contribution in [3.63, 3.8) is 0 Å². The molecule has 0 N–H and O–H groups in total. The van der Waals surface area contributed by atoms with Gasteiger partial charge in [-0.3, -0.25) is 0 Å². The maximum Gasteiger partial charge on any atom is 0.673 e. The van der Waals surface area contributed by atoms with E-state index in [0.29, 0.717) is 0 Å². The third-order valence-electron chi connectivity index (χ3n) is 3.74. The van der Waals surface area contributed by atoms with Crippen LogP contribution in [0.1, 0.15) is 96.8 Å². The van der Waals surface area contributed by atoms with Crippen LogP contribution >= 0.6 is 0 Å². The van der Waals surface area contributed by atoms with Gasteiger partial charge >= 0.3 is 7.25 Å². The molecule has 0 fully saturated rings. The zero-order valence-corrected chi connectivity index (χ0v) is 16.0. The van der Waals surface area contributed by atoms with Crippen molar-refractivity contribution in [2.24, 2.45) is 0 Å². The van der Waals surface area contributed by atoms with Crippen LogP contribution < -0.4 is 0 Å². The molecule has 0 atom stereocenters. The van der Waals surface area contributed by atoms with Gasteiger partial charge in [0.2, 0.25) is 0 Å². The Hall–Kier alpha value is 0.135. The minimum atomic E-state index is -6.00. The fourth-order valence-corrected chi connectivity index (χ4v) is 3.00. The standard InChI is InChI=1S/C17H36S.BF4/c1-3-4-5-6-7-8-9-10-11-12-13-14-15-16-17-18-2;2-1(3,4)5/h3-17H2,1-2H3;/q;-1/p+1. The summed E-state index contributed by atoms with van der Waals surface area (Å²) in [5.74, 6) is 1.41. The molecule has 0 aliphatic rings. The van der Waals surface area contributed by atoms with Crippen molar-refractivity contribution in [3.05, 3.63) is 0 Å². The maximum absolute atomic E-state index is 9.75. The second kappa shape index (κ2) is 20.2. The molecular weight excluding hydrogens is 323 g/mol. The van der Waals surface area contributed by atoms with Crippen molar-refractivity contribution in [1.29, 1.82) is 0 Å². The first kappa shape index (κ1) is 25.4.